The van der Waals surface area contributed by atoms with Crippen LogP contribution < -0.4 is 10.6 Å². The SMILES string of the molecule is Cc1ccc(CNC(=O)N[C@@H](C(=O)O)C(C)C)cc1. The molecule has 0 aromatic heterocycles. The third-order valence-corrected chi connectivity index (χ3v) is 2.79. The molecule has 0 aliphatic rings. The second kappa shape index (κ2) is 6.78. The molecule has 0 aliphatic carbocycles. The number of carbonyl (C=O) groups is 2. The maximum absolute atomic E-state index is 11.6. The van der Waals surface area contributed by atoms with E-state index in [4.69, 9.17) is 5.11 Å². The molecule has 104 valence electrons. The maximum Gasteiger partial charge on any atom is 0.326 e. The monoisotopic (exact) mass is 264 g/mol. The molecule has 0 heterocycles. The Balaban J connectivity index is 2.47. The Labute approximate surface area is 113 Å². The van der Waals surface area contributed by atoms with E-state index in [1.54, 1.807) is 13.8 Å². The third kappa shape index (κ3) is 4.99. The highest BCUT2D eigenvalue weighted by Crippen LogP contribution is 2.03. The van der Waals surface area contributed by atoms with Crippen LogP contribution in [-0.2, 0) is 11.3 Å². The van der Waals surface area contributed by atoms with Crippen molar-refractivity contribution < 1.29 is 14.7 Å². The molecule has 5 nitrogen and oxygen atoms in total. The van der Waals surface area contributed by atoms with Gasteiger partial charge in [0, 0.05) is 6.54 Å². The second-order valence-corrected chi connectivity index (χ2v) is 4.87. The summed E-state index contributed by atoms with van der Waals surface area (Å²) in [6.07, 6.45) is 0. The van der Waals surface area contributed by atoms with Crippen molar-refractivity contribution in [1.29, 1.82) is 0 Å². The van der Waals surface area contributed by atoms with Crippen LogP contribution in [0.1, 0.15) is 25.0 Å². The number of aliphatic carboxylic acids is 1. The molecule has 0 fully saturated rings. The van der Waals surface area contributed by atoms with E-state index in [-0.39, 0.29) is 5.92 Å². The lowest BCUT2D eigenvalue weighted by Gasteiger charge is -2.18. The van der Waals surface area contributed by atoms with Crippen molar-refractivity contribution in [2.75, 3.05) is 0 Å². The number of benzene rings is 1. The number of carbonyl (C=O) groups excluding carboxylic acids is 1. The van der Waals surface area contributed by atoms with Gasteiger partial charge in [-0.05, 0) is 18.4 Å². The van der Waals surface area contributed by atoms with E-state index in [2.05, 4.69) is 10.6 Å². The first-order chi connectivity index (χ1) is 8.90. The molecule has 0 radical (unpaired) electrons. The van der Waals surface area contributed by atoms with E-state index in [1.807, 2.05) is 31.2 Å². The number of amides is 2. The highest BCUT2D eigenvalue weighted by Gasteiger charge is 2.22. The van der Waals surface area contributed by atoms with Crippen LogP contribution in [-0.4, -0.2) is 23.1 Å². The first-order valence-electron chi connectivity index (χ1n) is 6.23. The molecule has 2 amide bonds. The Kier molecular flexibility index (Phi) is 5.36. The molecule has 1 atom stereocenters. The number of hydrogen-bond acceptors (Lipinski definition) is 2. The summed E-state index contributed by atoms with van der Waals surface area (Å²) < 4.78 is 0. The highest BCUT2D eigenvalue weighted by molar-refractivity contribution is 5.82. The minimum Gasteiger partial charge on any atom is -0.480 e. The van der Waals surface area contributed by atoms with Gasteiger partial charge in [0.1, 0.15) is 6.04 Å². The Morgan fingerprint density at radius 1 is 1.21 bits per heavy atom. The summed E-state index contributed by atoms with van der Waals surface area (Å²) in [6.45, 7) is 5.86. The van der Waals surface area contributed by atoms with Gasteiger partial charge in [0.25, 0.3) is 0 Å². The number of aryl methyl sites for hydroxylation is 1. The average Bonchev–Trinajstić information content (AvgIpc) is 2.34. The molecule has 5 heteroatoms. The van der Waals surface area contributed by atoms with Gasteiger partial charge in [-0.3, -0.25) is 0 Å². The molecule has 3 N–H and O–H groups in total. The lowest BCUT2D eigenvalue weighted by molar-refractivity contribution is -0.140. The molecule has 1 aromatic rings. The van der Waals surface area contributed by atoms with Gasteiger partial charge in [0.15, 0.2) is 0 Å². The summed E-state index contributed by atoms with van der Waals surface area (Å²) >= 11 is 0. The quantitative estimate of drug-likeness (QED) is 0.760. The Bertz CT molecular complexity index is 441. The first kappa shape index (κ1) is 15.0. The fourth-order valence-corrected chi connectivity index (χ4v) is 1.59. The summed E-state index contributed by atoms with van der Waals surface area (Å²) in [7, 11) is 0. The standard InChI is InChI=1S/C14H20N2O3/c1-9(2)12(13(17)18)16-14(19)15-8-11-6-4-10(3)5-7-11/h4-7,9,12H,8H2,1-3H3,(H,17,18)(H2,15,16,19)/t12-/m1/s1. The van der Waals surface area contributed by atoms with Crippen molar-refractivity contribution >= 4 is 12.0 Å². The van der Waals surface area contributed by atoms with Crippen molar-refractivity contribution in [3.05, 3.63) is 35.4 Å². The van der Waals surface area contributed by atoms with E-state index in [0.717, 1.165) is 11.1 Å². The first-order valence-corrected chi connectivity index (χ1v) is 6.23. The van der Waals surface area contributed by atoms with E-state index in [1.165, 1.54) is 0 Å². The number of urea groups is 1. The number of nitrogens with one attached hydrogen (secondary N) is 2. The van der Waals surface area contributed by atoms with Crippen LogP contribution in [0.25, 0.3) is 0 Å². The molecular formula is C14H20N2O3. The smallest absolute Gasteiger partial charge is 0.326 e. The Hall–Kier alpha value is -2.04. The molecule has 0 aliphatic heterocycles. The molecule has 0 saturated carbocycles. The van der Waals surface area contributed by atoms with Crippen molar-refractivity contribution in [1.82, 2.24) is 10.6 Å². The van der Waals surface area contributed by atoms with Crippen LogP contribution in [0.4, 0.5) is 4.79 Å². The normalized spacial score (nSPS) is 12.0. The number of rotatable bonds is 5. The zero-order chi connectivity index (χ0) is 14.4. The predicted octanol–water partition coefficient (Wildman–Crippen LogP) is 1.90. The lowest BCUT2D eigenvalue weighted by atomic mass is 10.1. The average molecular weight is 264 g/mol. The summed E-state index contributed by atoms with van der Waals surface area (Å²) in [4.78, 5) is 22.6. The Morgan fingerprint density at radius 2 is 1.79 bits per heavy atom. The second-order valence-electron chi connectivity index (χ2n) is 4.87. The van der Waals surface area contributed by atoms with Gasteiger partial charge >= 0.3 is 12.0 Å². The molecule has 19 heavy (non-hydrogen) atoms. The number of carboxylic acids is 1. The van der Waals surface area contributed by atoms with Gasteiger partial charge in [-0.2, -0.15) is 0 Å². The minimum absolute atomic E-state index is 0.164. The molecule has 0 saturated heterocycles. The lowest BCUT2D eigenvalue weighted by Crippen LogP contribution is -2.48. The zero-order valence-corrected chi connectivity index (χ0v) is 11.4. The van der Waals surface area contributed by atoms with Crippen LogP contribution in [0.3, 0.4) is 0 Å². The van der Waals surface area contributed by atoms with Crippen molar-refractivity contribution in [2.45, 2.75) is 33.4 Å². The third-order valence-electron chi connectivity index (χ3n) is 2.79. The molecule has 0 unspecified atom stereocenters. The van der Waals surface area contributed by atoms with Crippen LogP contribution in [0.15, 0.2) is 24.3 Å². The van der Waals surface area contributed by atoms with Crippen molar-refractivity contribution in [3.8, 4) is 0 Å². The molecule has 0 spiro atoms. The van der Waals surface area contributed by atoms with Gasteiger partial charge in [0.05, 0.1) is 0 Å². The summed E-state index contributed by atoms with van der Waals surface area (Å²) in [6, 6.07) is 6.42. The fraction of sp³-hybridized carbons (Fsp3) is 0.429. The number of hydrogen-bond donors (Lipinski definition) is 3. The zero-order valence-electron chi connectivity index (χ0n) is 11.4. The predicted molar refractivity (Wildman–Crippen MR) is 72.8 cm³/mol. The topological polar surface area (TPSA) is 78.4 Å². The van der Waals surface area contributed by atoms with Gasteiger partial charge in [-0.25, -0.2) is 9.59 Å². The van der Waals surface area contributed by atoms with Crippen LogP contribution in [0, 0.1) is 12.8 Å². The van der Waals surface area contributed by atoms with E-state index >= 15 is 0 Å². The van der Waals surface area contributed by atoms with Gasteiger partial charge < -0.3 is 15.7 Å². The number of carboxylic acid groups (broad SMARTS) is 1. The van der Waals surface area contributed by atoms with Gasteiger partial charge in [-0.15, -0.1) is 0 Å². The van der Waals surface area contributed by atoms with Crippen LogP contribution in [0.2, 0.25) is 0 Å². The Morgan fingerprint density at radius 3 is 2.26 bits per heavy atom. The fourth-order valence-electron chi connectivity index (χ4n) is 1.59. The maximum atomic E-state index is 11.6. The highest BCUT2D eigenvalue weighted by atomic mass is 16.4. The molecular weight excluding hydrogens is 244 g/mol. The molecule has 1 rings (SSSR count). The van der Waals surface area contributed by atoms with E-state index in [9.17, 15) is 9.59 Å². The summed E-state index contributed by atoms with van der Waals surface area (Å²) in [5.41, 5.74) is 2.12. The minimum atomic E-state index is -1.03. The van der Waals surface area contributed by atoms with Gasteiger partial charge in [-0.1, -0.05) is 43.7 Å². The van der Waals surface area contributed by atoms with E-state index in [0.29, 0.717) is 6.54 Å². The van der Waals surface area contributed by atoms with E-state index < -0.39 is 18.0 Å². The van der Waals surface area contributed by atoms with Crippen LogP contribution >= 0.6 is 0 Å². The molecule has 0 bridgehead atoms. The van der Waals surface area contributed by atoms with Crippen molar-refractivity contribution in [3.63, 3.8) is 0 Å². The summed E-state index contributed by atoms with van der Waals surface area (Å²) in [5, 5.41) is 14.1. The van der Waals surface area contributed by atoms with Gasteiger partial charge in [0.2, 0.25) is 0 Å². The molecule has 1 aromatic carbocycles. The van der Waals surface area contributed by atoms with Crippen LogP contribution in [0.5, 0.6) is 0 Å². The summed E-state index contributed by atoms with van der Waals surface area (Å²) in [5.74, 6) is -1.19. The largest absolute Gasteiger partial charge is 0.480 e. The van der Waals surface area contributed by atoms with Crippen molar-refractivity contribution in [2.24, 2.45) is 5.92 Å².